The third-order valence-electron chi connectivity index (χ3n) is 6.83. The summed E-state index contributed by atoms with van der Waals surface area (Å²) in [6.45, 7) is 1.94. The Morgan fingerprint density at radius 1 is 0.853 bits per heavy atom. The number of nitrogens with zero attached hydrogens (tertiary/aromatic N) is 2. The van der Waals surface area contributed by atoms with Gasteiger partial charge in [0.25, 0.3) is 5.91 Å². The van der Waals surface area contributed by atoms with Crippen LogP contribution in [-0.2, 0) is 24.2 Å². The highest BCUT2D eigenvalue weighted by Crippen LogP contribution is 2.37. The van der Waals surface area contributed by atoms with Crippen LogP contribution in [0.25, 0.3) is 0 Å². The van der Waals surface area contributed by atoms with Crippen molar-refractivity contribution >= 4 is 35.7 Å². The van der Waals surface area contributed by atoms with Gasteiger partial charge in [0.2, 0.25) is 0 Å². The number of aliphatic carboxylic acids is 1. The van der Waals surface area contributed by atoms with Crippen LogP contribution in [0, 0.1) is 5.92 Å². The number of fused-ring (bicyclic) bond motifs is 2. The van der Waals surface area contributed by atoms with E-state index < -0.39 is 5.97 Å². The number of carbonyl (C=O) groups excluding carboxylic acids is 1. The molecule has 2 aliphatic rings. The molecule has 34 heavy (non-hydrogen) atoms. The number of aryl methyl sites for hydroxylation is 2. The van der Waals surface area contributed by atoms with Crippen molar-refractivity contribution in [1.29, 1.82) is 0 Å². The highest BCUT2D eigenvalue weighted by atomic mass is 35.5. The summed E-state index contributed by atoms with van der Waals surface area (Å²) in [6.07, 6.45) is 3.36. The molecule has 5 nitrogen and oxygen atoms in total. The lowest BCUT2D eigenvalue weighted by molar-refractivity contribution is -0.143. The van der Waals surface area contributed by atoms with E-state index in [1.165, 1.54) is 11.1 Å². The average Bonchev–Trinajstić information content (AvgIpc) is 3.01. The van der Waals surface area contributed by atoms with Gasteiger partial charge in [0, 0.05) is 18.7 Å². The molecule has 1 saturated heterocycles. The lowest BCUT2D eigenvalue weighted by Crippen LogP contribution is -2.38. The fourth-order valence-electron chi connectivity index (χ4n) is 5.13. The zero-order valence-corrected chi connectivity index (χ0v) is 19.8. The number of carbonyl (C=O) groups is 2. The fourth-order valence-corrected chi connectivity index (χ4v) is 5.13. The molecule has 2 aliphatic heterocycles. The summed E-state index contributed by atoms with van der Waals surface area (Å²) in [4.78, 5) is 29.7. The number of anilines is 2. The van der Waals surface area contributed by atoms with Gasteiger partial charge in [-0.15, -0.1) is 12.4 Å². The maximum absolute atomic E-state index is 14.1. The summed E-state index contributed by atoms with van der Waals surface area (Å²) in [5.74, 6) is -1.12. The lowest BCUT2D eigenvalue weighted by Gasteiger charge is -2.31. The second-order valence-electron chi connectivity index (χ2n) is 8.97. The number of halogens is 1. The highest BCUT2D eigenvalue weighted by Gasteiger charge is 2.29. The zero-order valence-electron chi connectivity index (χ0n) is 19.0. The molecular formula is C28H29ClN2O3. The Morgan fingerprint density at radius 3 is 2.09 bits per heavy atom. The molecule has 0 saturated carbocycles. The maximum atomic E-state index is 14.1. The van der Waals surface area contributed by atoms with E-state index >= 15 is 0 Å². The standard InChI is InChI=1S/C28H28N2O3.ClH/c31-27(24-12-4-1-10-22(24)18-29-17-7-11-23(19-29)28(32)33)30-25-13-5-2-8-20(25)15-16-21-9-3-6-14-26(21)30;/h1-6,8-10,12-14,23H,7,11,15-19H2,(H,32,33);1H/t23-;/m1./s1. The van der Waals surface area contributed by atoms with Crippen LogP contribution < -0.4 is 4.90 Å². The van der Waals surface area contributed by atoms with Crippen molar-refractivity contribution in [3.8, 4) is 0 Å². The first kappa shape index (κ1) is 24.0. The minimum Gasteiger partial charge on any atom is -0.481 e. The van der Waals surface area contributed by atoms with Crippen LogP contribution in [-0.4, -0.2) is 35.0 Å². The fraction of sp³-hybridized carbons (Fsp3) is 0.286. The molecule has 0 radical (unpaired) electrons. The molecule has 3 aromatic carbocycles. The zero-order chi connectivity index (χ0) is 22.8. The van der Waals surface area contributed by atoms with Crippen LogP contribution in [0.5, 0.6) is 0 Å². The van der Waals surface area contributed by atoms with Crippen molar-refractivity contribution < 1.29 is 14.7 Å². The largest absolute Gasteiger partial charge is 0.481 e. The van der Waals surface area contributed by atoms with Crippen LogP contribution in [0.15, 0.2) is 72.8 Å². The molecule has 1 atom stereocenters. The SMILES string of the molecule is Cl.O=C(O)[C@@H]1CCCN(Cc2ccccc2C(=O)N2c3ccccc3CCc3ccccc32)C1. The summed E-state index contributed by atoms with van der Waals surface area (Å²) >= 11 is 0. The van der Waals surface area contributed by atoms with Gasteiger partial charge in [-0.2, -0.15) is 0 Å². The third-order valence-corrected chi connectivity index (χ3v) is 6.83. The highest BCUT2D eigenvalue weighted by molar-refractivity contribution is 6.12. The second kappa shape index (κ2) is 10.4. The van der Waals surface area contributed by atoms with E-state index in [1.54, 1.807) is 0 Å². The molecule has 0 unspecified atom stereocenters. The quantitative estimate of drug-likeness (QED) is 0.541. The van der Waals surface area contributed by atoms with Gasteiger partial charge < -0.3 is 5.11 Å². The Hall–Kier alpha value is -3.15. The maximum Gasteiger partial charge on any atom is 0.307 e. The van der Waals surface area contributed by atoms with Crippen molar-refractivity contribution in [3.63, 3.8) is 0 Å². The first-order valence-corrected chi connectivity index (χ1v) is 11.6. The van der Waals surface area contributed by atoms with E-state index in [1.807, 2.05) is 65.6 Å². The Morgan fingerprint density at radius 2 is 1.44 bits per heavy atom. The van der Waals surface area contributed by atoms with Gasteiger partial charge in [-0.3, -0.25) is 19.4 Å². The molecular weight excluding hydrogens is 448 g/mol. The monoisotopic (exact) mass is 476 g/mol. The summed E-state index contributed by atoms with van der Waals surface area (Å²) < 4.78 is 0. The summed E-state index contributed by atoms with van der Waals surface area (Å²) in [6, 6.07) is 24.0. The van der Waals surface area contributed by atoms with E-state index in [4.69, 9.17) is 0 Å². The number of hydrogen-bond acceptors (Lipinski definition) is 3. The van der Waals surface area contributed by atoms with Gasteiger partial charge in [-0.25, -0.2) is 0 Å². The molecule has 1 N–H and O–H groups in total. The number of carboxylic acids is 1. The third kappa shape index (κ3) is 4.72. The molecule has 1 fully saturated rings. The number of carboxylic acid groups (broad SMARTS) is 1. The minimum atomic E-state index is -0.734. The molecule has 1 amide bonds. The number of hydrogen-bond donors (Lipinski definition) is 1. The average molecular weight is 477 g/mol. The van der Waals surface area contributed by atoms with Crippen molar-refractivity contribution in [2.75, 3.05) is 18.0 Å². The number of amides is 1. The van der Waals surface area contributed by atoms with E-state index in [0.717, 1.165) is 42.7 Å². The minimum absolute atomic E-state index is 0. The van der Waals surface area contributed by atoms with Crippen LogP contribution in [0.1, 0.15) is 39.9 Å². The Balaban J connectivity index is 0.00000274. The van der Waals surface area contributed by atoms with Crippen LogP contribution in [0.2, 0.25) is 0 Å². The van der Waals surface area contributed by atoms with Gasteiger partial charge in [0.1, 0.15) is 0 Å². The molecule has 0 spiro atoms. The molecule has 3 aromatic rings. The normalized spacial score (nSPS) is 17.6. The Kier molecular flexibility index (Phi) is 7.35. The van der Waals surface area contributed by atoms with Crippen molar-refractivity contribution in [1.82, 2.24) is 4.90 Å². The van der Waals surface area contributed by atoms with Gasteiger partial charge >= 0.3 is 5.97 Å². The number of likely N-dealkylation sites (tertiary alicyclic amines) is 1. The molecule has 0 bridgehead atoms. The summed E-state index contributed by atoms with van der Waals surface area (Å²) in [5.41, 5.74) is 5.81. The summed E-state index contributed by atoms with van der Waals surface area (Å²) in [7, 11) is 0. The van der Waals surface area contributed by atoms with Gasteiger partial charge in [0.15, 0.2) is 0 Å². The number of rotatable bonds is 4. The first-order chi connectivity index (χ1) is 16.1. The Bertz CT molecular complexity index is 1150. The van der Waals surface area contributed by atoms with E-state index in [2.05, 4.69) is 17.0 Å². The predicted octanol–water partition coefficient (Wildman–Crippen LogP) is 5.48. The lowest BCUT2D eigenvalue weighted by atomic mass is 9.97. The van der Waals surface area contributed by atoms with Gasteiger partial charge in [-0.05, 0) is 67.1 Å². The molecule has 2 heterocycles. The number of para-hydroxylation sites is 2. The molecule has 176 valence electrons. The molecule has 6 heteroatoms. The smallest absolute Gasteiger partial charge is 0.307 e. The van der Waals surface area contributed by atoms with Crippen molar-refractivity contribution in [3.05, 3.63) is 95.1 Å². The number of benzene rings is 3. The molecule has 0 aromatic heterocycles. The van der Waals surface area contributed by atoms with Crippen molar-refractivity contribution in [2.24, 2.45) is 5.92 Å². The van der Waals surface area contributed by atoms with Crippen molar-refractivity contribution in [2.45, 2.75) is 32.2 Å². The first-order valence-electron chi connectivity index (χ1n) is 11.6. The topological polar surface area (TPSA) is 60.9 Å². The van der Waals surface area contributed by atoms with E-state index in [0.29, 0.717) is 25.1 Å². The van der Waals surface area contributed by atoms with Crippen LogP contribution >= 0.6 is 12.4 Å². The van der Waals surface area contributed by atoms with Crippen LogP contribution in [0.4, 0.5) is 11.4 Å². The van der Waals surface area contributed by atoms with Gasteiger partial charge in [0.05, 0.1) is 17.3 Å². The Labute approximate surface area is 206 Å². The van der Waals surface area contributed by atoms with Gasteiger partial charge in [-0.1, -0.05) is 54.6 Å². The van der Waals surface area contributed by atoms with E-state index in [-0.39, 0.29) is 24.2 Å². The second-order valence-corrected chi connectivity index (χ2v) is 8.97. The molecule has 5 rings (SSSR count). The molecule has 0 aliphatic carbocycles. The van der Waals surface area contributed by atoms with Crippen LogP contribution in [0.3, 0.4) is 0 Å². The predicted molar refractivity (Wildman–Crippen MR) is 136 cm³/mol. The van der Waals surface area contributed by atoms with E-state index in [9.17, 15) is 14.7 Å². The number of piperidine rings is 1. The summed E-state index contributed by atoms with van der Waals surface area (Å²) in [5, 5.41) is 9.46.